The SMILES string of the molecule is CCc1ccccc1NC1=N[C@@H]2CS(=O)(=O)C[C@@H]2S1. The van der Waals surface area contributed by atoms with Crippen LogP contribution in [-0.4, -0.2) is 36.4 Å². The molecule has 1 saturated heterocycles. The summed E-state index contributed by atoms with van der Waals surface area (Å²) in [6.45, 7) is 2.12. The predicted octanol–water partition coefficient (Wildman–Crippen LogP) is 1.93. The van der Waals surface area contributed by atoms with Crippen molar-refractivity contribution >= 4 is 32.5 Å². The van der Waals surface area contributed by atoms with E-state index in [0.717, 1.165) is 17.3 Å². The summed E-state index contributed by atoms with van der Waals surface area (Å²) >= 11 is 1.56. The highest BCUT2D eigenvalue weighted by molar-refractivity contribution is 8.15. The van der Waals surface area contributed by atoms with Gasteiger partial charge in [0.15, 0.2) is 15.0 Å². The minimum atomic E-state index is -2.87. The molecule has 1 N–H and O–H groups in total. The molecule has 4 nitrogen and oxygen atoms in total. The fourth-order valence-electron chi connectivity index (χ4n) is 2.48. The lowest BCUT2D eigenvalue weighted by molar-refractivity contribution is 0.601. The number of fused-ring (bicyclic) bond motifs is 1. The Kier molecular flexibility index (Phi) is 3.30. The van der Waals surface area contributed by atoms with Crippen LogP contribution in [0.15, 0.2) is 29.3 Å². The van der Waals surface area contributed by atoms with Gasteiger partial charge in [-0.25, -0.2) is 8.42 Å². The number of hydrogen-bond acceptors (Lipinski definition) is 5. The fraction of sp³-hybridized carbons (Fsp3) is 0.462. The van der Waals surface area contributed by atoms with Gasteiger partial charge in [-0.3, -0.25) is 4.99 Å². The van der Waals surface area contributed by atoms with Gasteiger partial charge in [-0.1, -0.05) is 36.9 Å². The average molecular weight is 296 g/mol. The molecule has 0 amide bonds. The van der Waals surface area contributed by atoms with E-state index in [0.29, 0.717) is 0 Å². The molecule has 6 heteroatoms. The number of aliphatic imine (C=N–C) groups is 1. The van der Waals surface area contributed by atoms with Gasteiger partial charge in [0.2, 0.25) is 0 Å². The third-order valence-corrected chi connectivity index (χ3v) is 6.60. The number of sulfone groups is 1. The number of nitrogens with one attached hydrogen (secondary N) is 1. The van der Waals surface area contributed by atoms with E-state index in [1.165, 1.54) is 5.56 Å². The van der Waals surface area contributed by atoms with Crippen molar-refractivity contribution in [2.75, 3.05) is 16.8 Å². The maximum atomic E-state index is 11.5. The molecular formula is C13H16N2O2S2. The number of thioether (sulfide) groups is 1. The Morgan fingerprint density at radius 2 is 2.16 bits per heavy atom. The Labute approximate surface area is 117 Å². The summed E-state index contributed by atoms with van der Waals surface area (Å²) in [6.07, 6.45) is 0.961. The molecule has 2 aliphatic heterocycles. The zero-order valence-corrected chi connectivity index (χ0v) is 12.3. The summed E-state index contributed by atoms with van der Waals surface area (Å²) < 4.78 is 23.0. The van der Waals surface area contributed by atoms with Crippen molar-refractivity contribution < 1.29 is 8.42 Å². The first-order chi connectivity index (χ1) is 9.07. The molecule has 0 aliphatic carbocycles. The number of rotatable bonds is 2. The van der Waals surface area contributed by atoms with Gasteiger partial charge in [-0.15, -0.1) is 0 Å². The van der Waals surface area contributed by atoms with Crippen LogP contribution in [0.2, 0.25) is 0 Å². The van der Waals surface area contributed by atoms with Crippen molar-refractivity contribution in [3.05, 3.63) is 29.8 Å². The monoisotopic (exact) mass is 296 g/mol. The summed E-state index contributed by atoms with van der Waals surface area (Å²) in [5, 5.41) is 4.29. The van der Waals surface area contributed by atoms with Crippen LogP contribution in [0.25, 0.3) is 0 Å². The Balaban J connectivity index is 1.76. The number of aryl methyl sites for hydroxylation is 1. The summed E-state index contributed by atoms with van der Waals surface area (Å²) in [5.74, 6) is 0.456. The largest absolute Gasteiger partial charge is 0.335 e. The maximum absolute atomic E-state index is 11.5. The summed E-state index contributed by atoms with van der Waals surface area (Å²) in [4.78, 5) is 4.51. The Hall–Kier alpha value is -1.01. The van der Waals surface area contributed by atoms with Crippen molar-refractivity contribution in [1.82, 2.24) is 0 Å². The van der Waals surface area contributed by atoms with Gasteiger partial charge in [0.1, 0.15) is 0 Å². The van der Waals surface area contributed by atoms with E-state index in [1.54, 1.807) is 11.8 Å². The Bertz CT molecular complexity index is 625. The predicted molar refractivity (Wildman–Crippen MR) is 80.7 cm³/mol. The van der Waals surface area contributed by atoms with Crippen LogP contribution in [0.4, 0.5) is 5.69 Å². The van der Waals surface area contributed by atoms with E-state index in [9.17, 15) is 8.42 Å². The third-order valence-electron chi connectivity index (χ3n) is 3.46. The van der Waals surface area contributed by atoms with Gasteiger partial charge >= 0.3 is 0 Å². The number of amidine groups is 1. The van der Waals surface area contributed by atoms with Crippen LogP contribution in [0.1, 0.15) is 12.5 Å². The first-order valence-corrected chi connectivity index (χ1v) is 9.07. The lowest BCUT2D eigenvalue weighted by atomic mass is 10.1. The van der Waals surface area contributed by atoms with E-state index >= 15 is 0 Å². The highest BCUT2D eigenvalue weighted by atomic mass is 32.2. The zero-order valence-electron chi connectivity index (χ0n) is 10.7. The first-order valence-electron chi connectivity index (χ1n) is 6.37. The molecule has 2 heterocycles. The van der Waals surface area contributed by atoms with Crippen molar-refractivity contribution in [3.63, 3.8) is 0 Å². The minimum absolute atomic E-state index is 0.0636. The van der Waals surface area contributed by atoms with Gasteiger partial charge < -0.3 is 5.32 Å². The molecule has 0 aromatic heterocycles. The molecule has 0 saturated carbocycles. The molecule has 2 aliphatic rings. The van der Waals surface area contributed by atoms with Crippen LogP contribution < -0.4 is 5.32 Å². The quantitative estimate of drug-likeness (QED) is 0.906. The van der Waals surface area contributed by atoms with Crippen LogP contribution in [0, 0.1) is 0 Å². The van der Waals surface area contributed by atoms with Crippen LogP contribution in [-0.2, 0) is 16.3 Å². The molecule has 0 unspecified atom stereocenters. The van der Waals surface area contributed by atoms with E-state index in [-0.39, 0.29) is 22.8 Å². The third kappa shape index (κ3) is 2.65. The van der Waals surface area contributed by atoms with Crippen LogP contribution in [0.3, 0.4) is 0 Å². The van der Waals surface area contributed by atoms with Crippen molar-refractivity contribution in [2.24, 2.45) is 4.99 Å². The summed E-state index contributed by atoms with van der Waals surface area (Å²) in [6, 6.07) is 8.08. The van der Waals surface area contributed by atoms with Gasteiger partial charge in [0.05, 0.1) is 17.5 Å². The second kappa shape index (κ2) is 4.83. The summed E-state index contributed by atoms with van der Waals surface area (Å²) in [7, 11) is -2.87. The normalized spacial score (nSPS) is 27.9. The molecular weight excluding hydrogens is 280 g/mol. The zero-order chi connectivity index (χ0) is 13.5. The van der Waals surface area contributed by atoms with Crippen molar-refractivity contribution in [1.29, 1.82) is 0 Å². The smallest absolute Gasteiger partial charge is 0.161 e. The van der Waals surface area contributed by atoms with Gasteiger partial charge in [-0.2, -0.15) is 0 Å². The second-order valence-electron chi connectivity index (χ2n) is 4.87. The van der Waals surface area contributed by atoms with E-state index in [4.69, 9.17) is 0 Å². The highest BCUT2D eigenvalue weighted by Crippen LogP contribution is 2.34. The standard InChI is InChI=1S/C13H16N2O2S2/c1-2-9-5-3-4-6-10(9)14-13-15-11-7-19(16,17)8-12(11)18-13/h3-6,11-12H,2,7-8H2,1H3,(H,14,15)/t11-,12+/m1/s1. The number of hydrogen-bond donors (Lipinski definition) is 1. The average Bonchev–Trinajstić information content (AvgIpc) is 2.82. The highest BCUT2D eigenvalue weighted by Gasteiger charge is 2.42. The topological polar surface area (TPSA) is 58.5 Å². The van der Waals surface area contributed by atoms with Gasteiger partial charge in [-0.05, 0) is 18.1 Å². The Morgan fingerprint density at radius 3 is 2.89 bits per heavy atom. The molecule has 1 aromatic carbocycles. The number of nitrogens with zero attached hydrogens (tertiary/aromatic N) is 1. The molecule has 1 aromatic rings. The summed E-state index contributed by atoms with van der Waals surface area (Å²) in [5.41, 5.74) is 2.31. The van der Waals surface area contributed by atoms with E-state index < -0.39 is 9.84 Å². The molecule has 19 heavy (non-hydrogen) atoms. The number of anilines is 1. The lowest BCUT2D eigenvalue weighted by Gasteiger charge is -2.10. The maximum Gasteiger partial charge on any atom is 0.161 e. The second-order valence-corrected chi connectivity index (χ2v) is 8.25. The number of benzene rings is 1. The van der Waals surface area contributed by atoms with Crippen molar-refractivity contribution in [2.45, 2.75) is 24.6 Å². The molecule has 102 valence electrons. The van der Waals surface area contributed by atoms with E-state index in [2.05, 4.69) is 23.3 Å². The first kappa shape index (κ1) is 13.0. The van der Waals surface area contributed by atoms with Crippen molar-refractivity contribution in [3.8, 4) is 0 Å². The van der Waals surface area contributed by atoms with Crippen LogP contribution >= 0.6 is 11.8 Å². The number of para-hydroxylation sites is 1. The van der Waals surface area contributed by atoms with E-state index in [1.807, 2.05) is 18.2 Å². The molecule has 0 radical (unpaired) electrons. The Morgan fingerprint density at radius 1 is 1.37 bits per heavy atom. The molecule has 3 rings (SSSR count). The lowest BCUT2D eigenvalue weighted by Crippen LogP contribution is -2.13. The van der Waals surface area contributed by atoms with Gasteiger partial charge in [0.25, 0.3) is 0 Å². The molecule has 0 bridgehead atoms. The minimum Gasteiger partial charge on any atom is -0.335 e. The molecule has 0 spiro atoms. The molecule has 1 fully saturated rings. The molecule has 2 atom stereocenters. The van der Waals surface area contributed by atoms with Crippen LogP contribution in [0.5, 0.6) is 0 Å². The van der Waals surface area contributed by atoms with Gasteiger partial charge in [0, 0.05) is 10.9 Å². The fourth-order valence-corrected chi connectivity index (χ4v) is 6.15.